The van der Waals surface area contributed by atoms with E-state index < -0.39 is 0 Å². The molecule has 7 heteroatoms. The summed E-state index contributed by atoms with van der Waals surface area (Å²) in [6.45, 7) is 4.20. The molecule has 0 bridgehead atoms. The van der Waals surface area contributed by atoms with Gasteiger partial charge in [0.15, 0.2) is 11.6 Å². The first-order valence-corrected chi connectivity index (χ1v) is 9.51. The lowest BCUT2D eigenvalue weighted by atomic mass is 9.96. The zero-order valence-electron chi connectivity index (χ0n) is 14.6. The molecule has 0 unspecified atom stereocenters. The molecule has 1 amide bonds. The second kappa shape index (κ2) is 7.14. The molecule has 6 nitrogen and oxygen atoms in total. The van der Waals surface area contributed by atoms with Crippen molar-refractivity contribution in [3.05, 3.63) is 12.0 Å². The quantitative estimate of drug-likeness (QED) is 0.885. The first kappa shape index (κ1) is 16.5. The Labute approximate surface area is 147 Å². The molecule has 1 saturated carbocycles. The van der Waals surface area contributed by atoms with Crippen molar-refractivity contribution in [2.75, 3.05) is 42.9 Å². The van der Waals surface area contributed by atoms with Crippen LogP contribution in [0.25, 0.3) is 0 Å². The molecule has 4 rings (SSSR count). The van der Waals surface area contributed by atoms with Crippen LogP contribution in [0, 0.1) is 17.7 Å². The SMILES string of the molecule is O=C(C1CC1)N1CCC(CNc2ncc(F)c(N3CCCC3)n2)CC1. The summed E-state index contributed by atoms with van der Waals surface area (Å²) in [4.78, 5) is 24.6. The van der Waals surface area contributed by atoms with Gasteiger partial charge in [-0.1, -0.05) is 0 Å². The van der Waals surface area contributed by atoms with E-state index in [9.17, 15) is 9.18 Å². The highest BCUT2D eigenvalue weighted by molar-refractivity contribution is 5.81. The number of carbonyl (C=O) groups is 1. The fourth-order valence-electron chi connectivity index (χ4n) is 3.78. The molecule has 2 saturated heterocycles. The molecule has 1 aromatic heterocycles. The van der Waals surface area contributed by atoms with Crippen LogP contribution in [0.3, 0.4) is 0 Å². The minimum Gasteiger partial charge on any atom is -0.354 e. The largest absolute Gasteiger partial charge is 0.354 e. The van der Waals surface area contributed by atoms with E-state index in [0.29, 0.717) is 29.5 Å². The van der Waals surface area contributed by atoms with Gasteiger partial charge >= 0.3 is 0 Å². The van der Waals surface area contributed by atoms with Crippen LogP contribution >= 0.6 is 0 Å². The number of rotatable bonds is 5. The maximum absolute atomic E-state index is 14.0. The Morgan fingerprint density at radius 2 is 1.88 bits per heavy atom. The fourth-order valence-corrected chi connectivity index (χ4v) is 3.78. The minimum absolute atomic E-state index is 0.311. The van der Waals surface area contributed by atoms with Gasteiger partial charge in [0.1, 0.15) is 0 Å². The van der Waals surface area contributed by atoms with Crippen LogP contribution in [0.2, 0.25) is 0 Å². The Balaban J connectivity index is 1.28. The third-order valence-electron chi connectivity index (χ3n) is 5.53. The Hall–Kier alpha value is -1.92. The standard InChI is InChI=1S/C18H26FN5O/c19-15-12-21-18(22-16(15)23-7-1-2-8-23)20-11-13-5-9-24(10-6-13)17(25)14-3-4-14/h12-14H,1-11H2,(H,20,21,22). The summed E-state index contributed by atoms with van der Waals surface area (Å²) in [7, 11) is 0. The normalized spacial score (nSPS) is 21.6. The number of piperidine rings is 1. The summed E-state index contributed by atoms with van der Waals surface area (Å²) < 4.78 is 14.0. The zero-order chi connectivity index (χ0) is 17.2. The summed E-state index contributed by atoms with van der Waals surface area (Å²) >= 11 is 0. The highest BCUT2D eigenvalue weighted by atomic mass is 19.1. The van der Waals surface area contributed by atoms with Gasteiger partial charge in [-0.25, -0.2) is 9.37 Å². The Bertz CT molecular complexity index is 622. The van der Waals surface area contributed by atoms with Crippen molar-refractivity contribution in [1.82, 2.24) is 14.9 Å². The first-order chi connectivity index (χ1) is 12.2. The molecule has 1 aliphatic carbocycles. The zero-order valence-corrected chi connectivity index (χ0v) is 14.6. The number of hydrogen-bond donors (Lipinski definition) is 1. The minimum atomic E-state index is -0.348. The van der Waals surface area contributed by atoms with Crippen LogP contribution in [-0.4, -0.2) is 53.5 Å². The number of anilines is 2. The van der Waals surface area contributed by atoms with Gasteiger partial charge in [-0.15, -0.1) is 0 Å². The first-order valence-electron chi connectivity index (χ1n) is 9.51. The number of nitrogens with zero attached hydrogens (tertiary/aromatic N) is 4. The van der Waals surface area contributed by atoms with E-state index in [4.69, 9.17) is 0 Å². The number of aromatic nitrogens is 2. The molecule has 1 N–H and O–H groups in total. The maximum atomic E-state index is 14.0. The number of carbonyl (C=O) groups excluding carboxylic acids is 1. The van der Waals surface area contributed by atoms with Crippen LogP contribution in [-0.2, 0) is 4.79 Å². The van der Waals surface area contributed by atoms with Gasteiger partial charge in [0.05, 0.1) is 6.20 Å². The molecule has 0 spiro atoms. The van der Waals surface area contributed by atoms with Crippen molar-refractivity contribution in [2.45, 2.75) is 38.5 Å². The third-order valence-corrected chi connectivity index (χ3v) is 5.53. The molecular weight excluding hydrogens is 321 g/mol. The van der Waals surface area contributed by atoms with Crippen molar-refractivity contribution in [1.29, 1.82) is 0 Å². The topological polar surface area (TPSA) is 61.4 Å². The lowest BCUT2D eigenvalue weighted by molar-refractivity contribution is -0.133. The van der Waals surface area contributed by atoms with Crippen molar-refractivity contribution in [3.63, 3.8) is 0 Å². The molecule has 0 radical (unpaired) electrons. The van der Waals surface area contributed by atoms with Gasteiger partial charge in [0.2, 0.25) is 11.9 Å². The van der Waals surface area contributed by atoms with E-state index in [1.54, 1.807) is 0 Å². The van der Waals surface area contributed by atoms with E-state index >= 15 is 0 Å². The summed E-state index contributed by atoms with van der Waals surface area (Å²) in [6.07, 6.45) is 7.59. The van der Waals surface area contributed by atoms with Gasteiger partial charge < -0.3 is 15.1 Å². The van der Waals surface area contributed by atoms with Crippen LogP contribution in [0.5, 0.6) is 0 Å². The number of halogens is 1. The van der Waals surface area contributed by atoms with E-state index in [1.807, 2.05) is 9.80 Å². The highest BCUT2D eigenvalue weighted by Crippen LogP contribution is 2.32. The Morgan fingerprint density at radius 1 is 1.16 bits per heavy atom. The van der Waals surface area contributed by atoms with Crippen LogP contribution < -0.4 is 10.2 Å². The summed E-state index contributed by atoms with van der Waals surface area (Å²) in [5, 5.41) is 3.27. The molecule has 136 valence electrons. The Morgan fingerprint density at radius 3 is 2.56 bits per heavy atom. The summed E-state index contributed by atoms with van der Waals surface area (Å²) in [5.74, 6) is 1.74. The number of likely N-dealkylation sites (tertiary alicyclic amines) is 1. The van der Waals surface area contributed by atoms with E-state index in [2.05, 4.69) is 15.3 Å². The lowest BCUT2D eigenvalue weighted by Gasteiger charge is -2.32. The summed E-state index contributed by atoms with van der Waals surface area (Å²) in [5.41, 5.74) is 0. The molecule has 3 heterocycles. The smallest absolute Gasteiger partial charge is 0.225 e. The molecule has 3 fully saturated rings. The molecule has 25 heavy (non-hydrogen) atoms. The van der Waals surface area contributed by atoms with Crippen molar-refractivity contribution in [2.24, 2.45) is 11.8 Å². The van der Waals surface area contributed by atoms with Crippen molar-refractivity contribution >= 4 is 17.7 Å². The molecular formula is C18H26FN5O. The maximum Gasteiger partial charge on any atom is 0.225 e. The second-order valence-corrected chi connectivity index (χ2v) is 7.48. The van der Waals surface area contributed by atoms with Gasteiger partial charge in [0, 0.05) is 38.6 Å². The number of hydrogen-bond acceptors (Lipinski definition) is 5. The molecule has 1 aromatic rings. The number of nitrogens with one attached hydrogen (secondary N) is 1. The van der Waals surface area contributed by atoms with E-state index in [1.165, 1.54) is 6.20 Å². The van der Waals surface area contributed by atoms with Gasteiger partial charge in [0.25, 0.3) is 0 Å². The molecule has 2 aliphatic heterocycles. The highest BCUT2D eigenvalue weighted by Gasteiger charge is 2.34. The van der Waals surface area contributed by atoms with Crippen LogP contribution in [0.4, 0.5) is 16.2 Å². The molecule has 3 aliphatic rings. The summed E-state index contributed by atoms with van der Waals surface area (Å²) in [6, 6.07) is 0. The van der Waals surface area contributed by atoms with Crippen molar-refractivity contribution < 1.29 is 9.18 Å². The third kappa shape index (κ3) is 3.85. The molecule has 0 atom stereocenters. The van der Waals surface area contributed by atoms with E-state index in [-0.39, 0.29) is 5.82 Å². The van der Waals surface area contributed by atoms with Gasteiger partial charge in [-0.2, -0.15) is 4.98 Å². The predicted octanol–water partition coefficient (Wildman–Crippen LogP) is 2.28. The van der Waals surface area contributed by atoms with Crippen LogP contribution in [0.1, 0.15) is 38.5 Å². The van der Waals surface area contributed by atoms with Crippen LogP contribution in [0.15, 0.2) is 6.20 Å². The molecule has 0 aromatic carbocycles. The fraction of sp³-hybridized carbons (Fsp3) is 0.722. The monoisotopic (exact) mass is 347 g/mol. The second-order valence-electron chi connectivity index (χ2n) is 7.48. The average molecular weight is 347 g/mol. The Kier molecular flexibility index (Phi) is 4.72. The van der Waals surface area contributed by atoms with Crippen molar-refractivity contribution in [3.8, 4) is 0 Å². The van der Waals surface area contributed by atoms with Gasteiger partial charge in [-0.05, 0) is 44.4 Å². The lowest BCUT2D eigenvalue weighted by Crippen LogP contribution is -2.40. The van der Waals surface area contributed by atoms with Gasteiger partial charge in [-0.3, -0.25) is 4.79 Å². The average Bonchev–Trinajstić information content (AvgIpc) is 3.35. The predicted molar refractivity (Wildman–Crippen MR) is 94.0 cm³/mol. The van der Waals surface area contributed by atoms with E-state index in [0.717, 1.165) is 71.2 Å². The number of amides is 1.